The average molecular weight is 469 g/mol. The lowest BCUT2D eigenvalue weighted by Crippen LogP contribution is -2.23. The van der Waals surface area contributed by atoms with Crippen molar-refractivity contribution in [2.75, 3.05) is 33.1 Å². The third-order valence-electron chi connectivity index (χ3n) is 3.93. The van der Waals surface area contributed by atoms with Gasteiger partial charge in [0.15, 0.2) is 18.1 Å². The van der Waals surface area contributed by atoms with Gasteiger partial charge in [-0.05, 0) is 42.0 Å². The lowest BCUT2D eigenvalue weighted by atomic mass is 10.2. The van der Waals surface area contributed by atoms with Crippen LogP contribution in [0.5, 0.6) is 11.5 Å². The fourth-order valence-corrected chi connectivity index (χ4v) is 3.71. The highest BCUT2D eigenvalue weighted by molar-refractivity contribution is 7.89. The molecule has 0 aliphatic carbocycles. The number of phenols is 1. The van der Waals surface area contributed by atoms with Crippen molar-refractivity contribution in [3.05, 3.63) is 53.1 Å². The van der Waals surface area contributed by atoms with E-state index in [0.717, 1.165) is 10.4 Å². The number of anilines is 1. The number of amides is 1. The number of nitrogens with one attached hydrogen (secondary N) is 1. The molecule has 1 amide bonds. The van der Waals surface area contributed by atoms with Gasteiger partial charge in [0.2, 0.25) is 10.0 Å². The molecule has 2 N–H and O–H groups in total. The number of carbonyl (C=O) groups is 2. The monoisotopic (exact) mass is 468 g/mol. The van der Waals surface area contributed by atoms with E-state index < -0.39 is 28.5 Å². The number of methoxy groups -OCH3 is 1. The second-order valence-electron chi connectivity index (χ2n) is 6.35. The first kappa shape index (κ1) is 24.2. The average Bonchev–Trinajstić information content (AvgIpc) is 2.72. The molecular formula is C20H21ClN2O7S. The van der Waals surface area contributed by atoms with Crippen molar-refractivity contribution >= 4 is 45.3 Å². The highest BCUT2D eigenvalue weighted by Gasteiger charge is 2.21. The molecule has 2 aromatic rings. The molecule has 0 atom stereocenters. The van der Waals surface area contributed by atoms with Gasteiger partial charge in [-0.3, -0.25) is 4.79 Å². The van der Waals surface area contributed by atoms with E-state index in [1.54, 1.807) is 6.07 Å². The largest absolute Gasteiger partial charge is 0.504 e. The third kappa shape index (κ3) is 6.45. The first-order valence-electron chi connectivity index (χ1n) is 8.78. The van der Waals surface area contributed by atoms with Crippen molar-refractivity contribution in [1.82, 2.24) is 4.31 Å². The summed E-state index contributed by atoms with van der Waals surface area (Å²) in [6, 6.07) is 8.48. The van der Waals surface area contributed by atoms with E-state index in [9.17, 15) is 23.1 Å². The number of phenolic OH excluding ortho intramolecular Hbond substituents is 1. The molecule has 31 heavy (non-hydrogen) atoms. The summed E-state index contributed by atoms with van der Waals surface area (Å²) in [7, 11) is 0.314. The Bertz CT molecular complexity index is 1110. The van der Waals surface area contributed by atoms with Gasteiger partial charge in [0.1, 0.15) is 4.90 Å². The summed E-state index contributed by atoms with van der Waals surface area (Å²) in [6.07, 6.45) is 2.54. The Morgan fingerprint density at radius 1 is 1.19 bits per heavy atom. The summed E-state index contributed by atoms with van der Waals surface area (Å²) in [5.74, 6) is -1.23. The number of carbonyl (C=O) groups excluding carboxylic acids is 2. The number of rotatable bonds is 8. The molecule has 2 rings (SSSR count). The number of esters is 1. The molecular weight excluding hydrogens is 448 g/mol. The molecule has 166 valence electrons. The van der Waals surface area contributed by atoms with Crippen LogP contribution in [0.15, 0.2) is 47.4 Å². The zero-order chi connectivity index (χ0) is 23.2. The quantitative estimate of drug-likeness (QED) is 0.450. The Hall–Kier alpha value is -3.08. The molecule has 0 unspecified atom stereocenters. The second-order valence-corrected chi connectivity index (χ2v) is 8.88. The van der Waals surface area contributed by atoms with Gasteiger partial charge < -0.3 is 19.9 Å². The first-order valence-corrected chi connectivity index (χ1v) is 10.6. The minimum atomic E-state index is -3.80. The maximum Gasteiger partial charge on any atom is 0.331 e. The second kappa shape index (κ2) is 10.3. The van der Waals surface area contributed by atoms with Gasteiger partial charge in [-0.1, -0.05) is 17.7 Å². The smallest absolute Gasteiger partial charge is 0.331 e. The van der Waals surface area contributed by atoms with Gasteiger partial charge in [-0.25, -0.2) is 17.5 Å². The molecule has 0 spiro atoms. The van der Waals surface area contributed by atoms with Crippen molar-refractivity contribution < 1.29 is 32.6 Å². The van der Waals surface area contributed by atoms with Crippen LogP contribution in [0, 0.1) is 0 Å². The van der Waals surface area contributed by atoms with Crippen LogP contribution in [0.2, 0.25) is 5.02 Å². The van der Waals surface area contributed by atoms with Crippen molar-refractivity contribution in [2.24, 2.45) is 0 Å². The van der Waals surface area contributed by atoms with Gasteiger partial charge >= 0.3 is 5.97 Å². The van der Waals surface area contributed by atoms with Crippen LogP contribution in [0.25, 0.3) is 6.08 Å². The van der Waals surface area contributed by atoms with Crippen molar-refractivity contribution in [3.63, 3.8) is 0 Å². The van der Waals surface area contributed by atoms with Gasteiger partial charge in [0, 0.05) is 25.9 Å². The lowest BCUT2D eigenvalue weighted by molar-refractivity contribution is -0.142. The van der Waals surface area contributed by atoms with Crippen LogP contribution in [0.1, 0.15) is 5.56 Å². The van der Waals surface area contributed by atoms with Crippen LogP contribution < -0.4 is 10.1 Å². The van der Waals surface area contributed by atoms with E-state index in [0.29, 0.717) is 5.56 Å². The van der Waals surface area contributed by atoms with Crippen LogP contribution in [0.3, 0.4) is 0 Å². The highest BCUT2D eigenvalue weighted by Crippen LogP contribution is 2.27. The highest BCUT2D eigenvalue weighted by atomic mass is 35.5. The number of hydrogen-bond donors (Lipinski definition) is 2. The molecule has 0 heterocycles. The minimum Gasteiger partial charge on any atom is -0.504 e. The fraction of sp³-hybridized carbons (Fsp3) is 0.200. The first-order chi connectivity index (χ1) is 14.5. The summed E-state index contributed by atoms with van der Waals surface area (Å²) in [5, 5.41) is 12.0. The Morgan fingerprint density at radius 3 is 2.55 bits per heavy atom. The number of halogens is 1. The molecule has 11 heteroatoms. The number of ether oxygens (including phenoxy) is 2. The molecule has 0 saturated heterocycles. The molecule has 0 bridgehead atoms. The van der Waals surface area contributed by atoms with Crippen molar-refractivity contribution in [1.29, 1.82) is 0 Å². The zero-order valence-electron chi connectivity index (χ0n) is 17.0. The normalized spacial score (nSPS) is 11.5. The van der Waals surface area contributed by atoms with Gasteiger partial charge in [0.05, 0.1) is 12.1 Å². The minimum absolute atomic E-state index is 0.00845. The summed E-state index contributed by atoms with van der Waals surface area (Å²) in [4.78, 5) is 23.7. The van der Waals surface area contributed by atoms with Crippen LogP contribution in [-0.2, 0) is 24.3 Å². The van der Waals surface area contributed by atoms with Crippen LogP contribution in [-0.4, -0.2) is 57.5 Å². The number of nitrogens with zero attached hydrogens (tertiary/aromatic N) is 1. The third-order valence-corrected chi connectivity index (χ3v) is 6.23. The van der Waals surface area contributed by atoms with Crippen LogP contribution in [0.4, 0.5) is 5.69 Å². The van der Waals surface area contributed by atoms with E-state index in [-0.39, 0.29) is 27.1 Å². The lowest BCUT2D eigenvalue weighted by Gasteiger charge is -2.14. The summed E-state index contributed by atoms with van der Waals surface area (Å²) in [5.41, 5.74) is 0.754. The number of aromatic hydroxyl groups is 1. The number of benzene rings is 2. The number of hydrogen-bond acceptors (Lipinski definition) is 7. The predicted octanol–water partition coefficient (Wildman–Crippen LogP) is 2.50. The van der Waals surface area contributed by atoms with Gasteiger partial charge in [0.25, 0.3) is 5.91 Å². The maximum absolute atomic E-state index is 12.3. The zero-order valence-corrected chi connectivity index (χ0v) is 18.5. The Labute approximate surface area is 184 Å². The molecule has 0 saturated carbocycles. The van der Waals surface area contributed by atoms with E-state index in [4.69, 9.17) is 21.1 Å². The van der Waals surface area contributed by atoms with E-state index in [1.165, 1.54) is 57.6 Å². The van der Waals surface area contributed by atoms with E-state index in [1.807, 2.05) is 0 Å². The van der Waals surface area contributed by atoms with Crippen molar-refractivity contribution in [3.8, 4) is 11.5 Å². The molecule has 0 aliphatic heterocycles. The molecule has 0 aromatic heterocycles. The topological polar surface area (TPSA) is 122 Å². The molecule has 9 nitrogen and oxygen atoms in total. The van der Waals surface area contributed by atoms with Gasteiger partial charge in [-0.15, -0.1) is 0 Å². The Kier molecular flexibility index (Phi) is 8.03. The molecule has 0 aliphatic rings. The summed E-state index contributed by atoms with van der Waals surface area (Å²) < 4.78 is 35.4. The molecule has 0 fully saturated rings. The molecule has 2 aromatic carbocycles. The van der Waals surface area contributed by atoms with Crippen LogP contribution >= 0.6 is 11.6 Å². The Balaban J connectivity index is 1.97. The van der Waals surface area contributed by atoms with Crippen molar-refractivity contribution in [2.45, 2.75) is 4.90 Å². The SMILES string of the molecule is COc1cc(C=CC(=O)OCC(=O)Nc2ccc(Cl)c(S(=O)(=O)N(C)C)c2)ccc1O. The Morgan fingerprint density at radius 2 is 1.90 bits per heavy atom. The maximum atomic E-state index is 12.3. The van der Waals surface area contributed by atoms with E-state index >= 15 is 0 Å². The summed E-state index contributed by atoms with van der Waals surface area (Å²) >= 11 is 5.96. The van der Waals surface area contributed by atoms with E-state index in [2.05, 4.69) is 5.32 Å². The molecule has 0 radical (unpaired) electrons. The standard InChI is InChI=1S/C20H21ClN2O7S/c1-23(2)31(27,28)18-11-14(6-7-15(18)21)22-19(25)12-30-20(26)9-5-13-4-8-16(24)17(10-13)29-3/h4-11,24H,12H2,1-3H3,(H,22,25). The number of sulfonamides is 1. The predicted molar refractivity (Wildman–Crippen MR) is 116 cm³/mol. The summed E-state index contributed by atoms with van der Waals surface area (Å²) in [6.45, 7) is -0.583. The van der Waals surface area contributed by atoms with Gasteiger partial charge in [-0.2, -0.15) is 0 Å². The fourth-order valence-electron chi connectivity index (χ4n) is 2.32.